The van der Waals surface area contributed by atoms with Crippen LogP contribution in [0.5, 0.6) is 5.75 Å². The average molecular weight is 554 g/mol. The number of likely N-dealkylation sites (N-methyl/N-ethyl adjacent to an activating group) is 1. The highest BCUT2D eigenvalue weighted by atomic mass is 35.5. The fraction of sp³-hybridized carbons (Fsp3) is 0.333. The Morgan fingerprint density at radius 3 is 2.62 bits per heavy atom. The normalized spacial score (nSPS) is 19.2. The molecule has 0 spiro atoms. The number of fused-ring (bicyclic) bond motifs is 3. The maximum absolute atomic E-state index is 13.7. The first kappa shape index (κ1) is 24.1. The summed E-state index contributed by atoms with van der Waals surface area (Å²) in [4.78, 5) is 34.6. The van der Waals surface area contributed by atoms with E-state index in [4.69, 9.17) is 20.8 Å². The van der Waals surface area contributed by atoms with E-state index in [0.29, 0.717) is 51.9 Å². The minimum atomic E-state index is -0.898. The first-order valence-electron chi connectivity index (χ1n) is 12.6. The minimum Gasteiger partial charge on any atom is -0.489 e. The lowest BCUT2D eigenvalue weighted by Crippen LogP contribution is -2.54. The quantitative estimate of drug-likeness (QED) is 0.374. The van der Waals surface area contributed by atoms with Gasteiger partial charge in [0.05, 0.1) is 12.2 Å². The molecule has 4 aromatic rings. The topological polar surface area (TPSA) is 93.7 Å². The molecule has 1 atom stereocenters. The molecule has 7 rings (SSSR count). The molecular weight excluding hydrogens is 532 g/mol. The summed E-state index contributed by atoms with van der Waals surface area (Å²) in [5.74, 6) is -0.687. The van der Waals surface area contributed by atoms with Crippen LogP contribution in [0, 0.1) is 11.6 Å². The van der Waals surface area contributed by atoms with Gasteiger partial charge < -0.3 is 19.0 Å². The molecule has 39 heavy (non-hydrogen) atoms. The van der Waals surface area contributed by atoms with Crippen LogP contribution in [0.1, 0.15) is 46.3 Å². The average Bonchev–Trinajstić information content (AvgIpc) is 3.61. The summed E-state index contributed by atoms with van der Waals surface area (Å²) in [5.41, 5.74) is 2.74. The second-order valence-corrected chi connectivity index (χ2v) is 10.5. The lowest BCUT2D eigenvalue weighted by Gasteiger charge is -2.33. The largest absolute Gasteiger partial charge is 0.489 e. The Labute approximate surface area is 225 Å². The number of carbonyl (C=O) groups excluding carboxylic acids is 2. The number of carbonyl (C=O) groups is 2. The predicted molar refractivity (Wildman–Crippen MR) is 136 cm³/mol. The Bertz CT molecular complexity index is 1660. The SMILES string of the molecule is CN1C(=O)[C@@H](N2CCc3c(nn(Cc4cc(F)cc(F)c4)c3Cl)C2=O)COc2cc3oc(C4CC4)nc3cc21. The van der Waals surface area contributed by atoms with Crippen LogP contribution < -0.4 is 9.64 Å². The summed E-state index contributed by atoms with van der Waals surface area (Å²) in [7, 11) is 1.64. The number of aromatic nitrogens is 3. The van der Waals surface area contributed by atoms with Crippen molar-refractivity contribution in [3.8, 4) is 5.75 Å². The first-order chi connectivity index (χ1) is 18.8. The smallest absolute Gasteiger partial charge is 0.275 e. The number of amides is 2. The maximum Gasteiger partial charge on any atom is 0.275 e. The van der Waals surface area contributed by atoms with E-state index in [9.17, 15) is 18.4 Å². The third-order valence-electron chi connectivity index (χ3n) is 7.47. The number of oxazole rings is 1. The molecule has 3 aliphatic rings. The number of hydrogen-bond donors (Lipinski definition) is 0. The summed E-state index contributed by atoms with van der Waals surface area (Å²) in [6.07, 6.45) is 2.47. The summed E-state index contributed by atoms with van der Waals surface area (Å²) in [6.45, 7) is 0.156. The van der Waals surface area contributed by atoms with E-state index in [1.54, 1.807) is 19.2 Å². The summed E-state index contributed by atoms with van der Waals surface area (Å²) in [5, 5.41) is 4.58. The molecule has 0 N–H and O–H groups in total. The molecule has 2 aromatic heterocycles. The second kappa shape index (κ2) is 8.77. The molecule has 4 heterocycles. The zero-order valence-electron chi connectivity index (χ0n) is 20.8. The van der Waals surface area contributed by atoms with Crippen LogP contribution in [-0.2, 0) is 17.8 Å². The number of ether oxygens (including phenoxy) is 1. The first-order valence-corrected chi connectivity index (χ1v) is 13.0. The Balaban J connectivity index is 1.15. The minimum absolute atomic E-state index is 0.0189. The fourth-order valence-electron chi connectivity index (χ4n) is 5.27. The highest BCUT2D eigenvalue weighted by Gasteiger charge is 2.41. The molecule has 200 valence electrons. The van der Waals surface area contributed by atoms with Crippen molar-refractivity contribution in [2.24, 2.45) is 0 Å². The van der Waals surface area contributed by atoms with E-state index in [1.807, 2.05) is 0 Å². The van der Waals surface area contributed by atoms with Gasteiger partial charge in [-0.2, -0.15) is 5.10 Å². The Morgan fingerprint density at radius 1 is 1.10 bits per heavy atom. The van der Waals surface area contributed by atoms with Gasteiger partial charge in [-0.05, 0) is 43.0 Å². The van der Waals surface area contributed by atoms with E-state index in [-0.39, 0.29) is 36.5 Å². The molecule has 2 amide bonds. The van der Waals surface area contributed by atoms with Crippen LogP contribution in [-0.4, -0.2) is 57.7 Å². The lowest BCUT2D eigenvalue weighted by molar-refractivity contribution is -0.123. The number of hydrogen-bond acceptors (Lipinski definition) is 6. The molecule has 0 bridgehead atoms. The molecule has 0 saturated heterocycles. The van der Waals surface area contributed by atoms with E-state index in [1.165, 1.54) is 26.6 Å². The van der Waals surface area contributed by atoms with Crippen LogP contribution in [0.4, 0.5) is 14.5 Å². The molecule has 1 aliphatic carbocycles. The lowest BCUT2D eigenvalue weighted by atomic mass is 10.0. The van der Waals surface area contributed by atoms with E-state index in [2.05, 4.69) is 10.1 Å². The van der Waals surface area contributed by atoms with Crippen LogP contribution in [0.15, 0.2) is 34.7 Å². The van der Waals surface area contributed by atoms with E-state index < -0.39 is 23.6 Å². The van der Waals surface area contributed by atoms with E-state index >= 15 is 0 Å². The molecule has 12 heteroatoms. The van der Waals surface area contributed by atoms with Crippen molar-refractivity contribution in [1.82, 2.24) is 19.7 Å². The van der Waals surface area contributed by atoms with Gasteiger partial charge >= 0.3 is 0 Å². The van der Waals surface area contributed by atoms with Gasteiger partial charge in [-0.1, -0.05) is 11.6 Å². The van der Waals surface area contributed by atoms with Crippen molar-refractivity contribution in [2.45, 2.75) is 37.8 Å². The van der Waals surface area contributed by atoms with Crippen molar-refractivity contribution >= 4 is 40.2 Å². The standard InChI is InChI=1S/C27H22ClF2N5O4/c1-33-19-9-18-21(39-25(31-18)14-2-3-14)10-22(19)38-12-20(26(33)36)34-5-4-17-23(27(34)37)32-35(24(17)28)11-13-6-15(29)8-16(30)7-13/h6-10,14,20H,2-5,11-12H2,1H3/t20-/m0/s1. The van der Waals surface area contributed by atoms with Crippen molar-refractivity contribution in [1.29, 1.82) is 0 Å². The van der Waals surface area contributed by atoms with Crippen molar-refractivity contribution in [3.05, 3.63) is 69.8 Å². The maximum atomic E-state index is 13.7. The van der Waals surface area contributed by atoms with Crippen LogP contribution in [0.3, 0.4) is 0 Å². The number of anilines is 1. The number of halogens is 3. The molecule has 0 unspecified atom stereocenters. The van der Waals surface area contributed by atoms with Crippen molar-refractivity contribution in [3.63, 3.8) is 0 Å². The fourth-order valence-corrected chi connectivity index (χ4v) is 5.55. The number of benzene rings is 2. The molecule has 1 fully saturated rings. The van der Waals surface area contributed by atoms with E-state index in [0.717, 1.165) is 18.9 Å². The molecule has 2 aromatic carbocycles. The number of rotatable bonds is 4. The molecule has 9 nitrogen and oxygen atoms in total. The van der Waals surface area contributed by atoms with Crippen LogP contribution >= 0.6 is 11.6 Å². The Kier molecular flexibility index (Phi) is 5.41. The van der Waals surface area contributed by atoms with Crippen LogP contribution in [0.25, 0.3) is 11.1 Å². The predicted octanol–water partition coefficient (Wildman–Crippen LogP) is 4.30. The van der Waals surface area contributed by atoms with Gasteiger partial charge in [0.2, 0.25) is 0 Å². The Hall–Kier alpha value is -3.99. The summed E-state index contributed by atoms with van der Waals surface area (Å²) >= 11 is 6.51. The van der Waals surface area contributed by atoms with Gasteiger partial charge in [0.15, 0.2) is 17.2 Å². The molecule has 2 aliphatic heterocycles. The second-order valence-electron chi connectivity index (χ2n) is 10.1. The zero-order valence-corrected chi connectivity index (χ0v) is 21.5. The van der Waals surface area contributed by atoms with Gasteiger partial charge in [-0.15, -0.1) is 0 Å². The number of nitrogens with zero attached hydrogens (tertiary/aromatic N) is 5. The van der Waals surface area contributed by atoms with Gasteiger partial charge in [0.1, 0.15) is 40.7 Å². The molecular formula is C27H22ClF2N5O4. The molecule has 1 saturated carbocycles. The zero-order chi connectivity index (χ0) is 27.0. The molecule has 0 radical (unpaired) electrons. The third kappa shape index (κ3) is 4.03. The van der Waals surface area contributed by atoms with Crippen LogP contribution in [0.2, 0.25) is 5.15 Å². The highest BCUT2D eigenvalue weighted by Crippen LogP contribution is 2.43. The monoisotopic (exact) mass is 553 g/mol. The van der Waals surface area contributed by atoms with Gasteiger partial charge in [0.25, 0.3) is 11.8 Å². The van der Waals surface area contributed by atoms with Gasteiger partial charge in [-0.25, -0.2) is 18.4 Å². The summed E-state index contributed by atoms with van der Waals surface area (Å²) in [6, 6.07) is 5.76. The van der Waals surface area contributed by atoms with Gasteiger partial charge in [0, 0.05) is 37.2 Å². The Morgan fingerprint density at radius 2 is 1.87 bits per heavy atom. The van der Waals surface area contributed by atoms with Gasteiger partial charge in [-0.3, -0.25) is 9.59 Å². The van der Waals surface area contributed by atoms with Crippen molar-refractivity contribution in [2.75, 3.05) is 25.1 Å². The highest BCUT2D eigenvalue weighted by molar-refractivity contribution is 6.31. The van der Waals surface area contributed by atoms with Crippen molar-refractivity contribution < 1.29 is 27.5 Å². The summed E-state index contributed by atoms with van der Waals surface area (Å²) < 4.78 is 40.6. The third-order valence-corrected chi connectivity index (χ3v) is 7.89.